The van der Waals surface area contributed by atoms with Crippen LogP contribution in [0.5, 0.6) is 0 Å². The third-order valence-electron chi connectivity index (χ3n) is 3.32. The summed E-state index contributed by atoms with van der Waals surface area (Å²) in [6.07, 6.45) is 3.01. The Kier molecular flexibility index (Phi) is 5.46. The van der Waals surface area contributed by atoms with Gasteiger partial charge < -0.3 is 11.1 Å². The number of amides is 1. The lowest BCUT2D eigenvalue weighted by Gasteiger charge is -2.12. The normalized spacial score (nSPS) is 11.9. The van der Waals surface area contributed by atoms with E-state index in [4.69, 9.17) is 5.73 Å². The molecule has 0 bridgehead atoms. The van der Waals surface area contributed by atoms with E-state index in [1.807, 2.05) is 49.4 Å². The van der Waals surface area contributed by atoms with Crippen molar-refractivity contribution in [3.63, 3.8) is 0 Å². The molecule has 1 atom stereocenters. The topological polar surface area (TPSA) is 68.0 Å². The zero-order valence-corrected chi connectivity index (χ0v) is 12.3. The lowest BCUT2D eigenvalue weighted by atomic mass is 10.0. The smallest absolute Gasteiger partial charge is 0.237 e. The van der Waals surface area contributed by atoms with Gasteiger partial charge in [0.05, 0.1) is 6.04 Å². The zero-order valence-electron chi connectivity index (χ0n) is 12.3. The third-order valence-corrected chi connectivity index (χ3v) is 3.32. The lowest BCUT2D eigenvalue weighted by Crippen LogP contribution is -2.42. The average Bonchev–Trinajstić information content (AvgIpc) is 2.50. The summed E-state index contributed by atoms with van der Waals surface area (Å²) in [7, 11) is 0. The molecule has 0 aliphatic carbocycles. The summed E-state index contributed by atoms with van der Waals surface area (Å²) in [6.45, 7) is 2.59. The molecular formula is C17H21N3O. The molecule has 0 unspecified atom stereocenters. The molecule has 110 valence electrons. The van der Waals surface area contributed by atoms with Crippen LogP contribution < -0.4 is 11.1 Å². The molecule has 1 aromatic heterocycles. The number of pyridine rings is 1. The molecule has 4 nitrogen and oxygen atoms in total. The van der Waals surface area contributed by atoms with Crippen LogP contribution in [0.1, 0.15) is 16.8 Å². The van der Waals surface area contributed by atoms with Gasteiger partial charge in [0.15, 0.2) is 0 Å². The second-order valence-electron chi connectivity index (χ2n) is 5.16. The van der Waals surface area contributed by atoms with Gasteiger partial charge >= 0.3 is 0 Å². The maximum atomic E-state index is 11.9. The third kappa shape index (κ3) is 5.00. The minimum Gasteiger partial charge on any atom is -0.354 e. The first kappa shape index (κ1) is 15.2. The maximum Gasteiger partial charge on any atom is 0.237 e. The molecule has 0 saturated carbocycles. The van der Waals surface area contributed by atoms with Gasteiger partial charge in [0.25, 0.3) is 0 Å². The number of benzene rings is 1. The van der Waals surface area contributed by atoms with Crippen LogP contribution in [0, 0.1) is 6.92 Å². The van der Waals surface area contributed by atoms with Gasteiger partial charge in [-0.15, -0.1) is 0 Å². The van der Waals surface area contributed by atoms with Gasteiger partial charge in [0.2, 0.25) is 5.91 Å². The number of aryl methyl sites for hydroxylation is 1. The van der Waals surface area contributed by atoms with Crippen molar-refractivity contribution in [1.29, 1.82) is 0 Å². The molecule has 0 aliphatic heterocycles. The monoisotopic (exact) mass is 283 g/mol. The van der Waals surface area contributed by atoms with Gasteiger partial charge in [0.1, 0.15) is 0 Å². The van der Waals surface area contributed by atoms with Gasteiger partial charge in [-0.25, -0.2) is 0 Å². The number of aromatic nitrogens is 1. The molecule has 2 aromatic rings. The highest BCUT2D eigenvalue weighted by Gasteiger charge is 2.13. The van der Waals surface area contributed by atoms with Gasteiger partial charge in [-0.1, -0.05) is 35.9 Å². The van der Waals surface area contributed by atoms with Crippen LogP contribution in [-0.4, -0.2) is 23.5 Å². The van der Waals surface area contributed by atoms with Crippen molar-refractivity contribution < 1.29 is 4.79 Å². The summed E-state index contributed by atoms with van der Waals surface area (Å²) < 4.78 is 0. The fourth-order valence-corrected chi connectivity index (χ4v) is 2.06. The van der Waals surface area contributed by atoms with Gasteiger partial charge in [-0.05, 0) is 31.0 Å². The Hall–Kier alpha value is -2.20. The summed E-state index contributed by atoms with van der Waals surface area (Å²) in [5.74, 6) is -0.119. The number of rotatable bonds is 6. The molecular weight excluding hydrogens is 262 g/mol. The molecule has 0 fully saturated rings. The molecule has 3 N–H and O–H groups in total. The summed E-state index contributed by atoms with van der Waals surface area (Å²) >= 11 is 0. The molecule has 1 amide bonds. The van der Waals surface area contributed by atoms with Crippen molar-refractivity contribution in [2.75, 3.05) is 6.54 Å². The van der Waals surface area contributed by atoms with Gasteiger partial charge in [-0.2, -0.15) is 0 Å². The molecule has 1 heterocycles. The van der Waals surface area contributed by atoms with Crippen LogP contribution in [-0.2, 0) is 17.6 Å². The van der Waals surface area contributed by atoms with Crippen LogP contribution in [0.25, 0.3) is 0 Å². The van der Waals surface area contributed by atoms with E-state index < -0.39 is 6.04 Å². The Morgan fingerprint density at radius 1 is 1.24 bits per heavy atom. The molecule has 0 saturated heterocycles. The Morgan fingerprint density at radius 3 is 2.67 bits per heavy atom. The highest BCUT2D eigenvalue weighted by molar-refractivity contribution is 5.81. The van der Waals surface area contributed by atoms with Crippen molar-refractivity contribution in [3.05, 3.63) is 65.5 Å². The Balaban J connectivity index is 1.76. The predicted molar refractivity (Wildman–Crippen MR) is 83.8 cm³/mol. The van der Waals surface area contributed by atoms with Crippen LogP contribution in [0.2, 0.25) is 0 Å². The number of carbonyl (C=O) groups excluding carboxylic acids is 1. The summed E-state index contributed by atoms with van der Waals surface area (Å²) in [6, 6.07) is 13.3. The van der Waals surface area contributed by atoms with Crippen molar-refractivity contribution in [2.45, 2.75) is 25.8 Å². The zero-order chi connectivity index (χ0) is 15.1. The average molecular weight is 283 g/mol. The van der Waals surface area contributed by atoms with E-state index in [9.17, 15) is 4.79 Å². The molecule has 0 spiro atoms. The van der Waals surface area contributed by atoms with Crippen molar-refractivity contribution in [3.8, 4) is 0 Å². The molecule has 21 heavy (non-hydrogen) atoms. The highest BCUT2D eigenvalue weighted by Crippen LogP contribution is 2.05. The van der Waals surface area contributed by atoms with Crippen LogP contribution >= 0.6 is 0 Å². The van der Waals surface area contributed by atoms with E-state index in [0.717, 1.165) is 11.3 Å². The minimum absolute atomic E-state index is 0.119. The first-order valence-corrected chi connectivity index (χ1v) is 7.14. The van der Waals surface area contributed by atoms with Crippen molar-refractivity contribution >= 4 is 5.91 Å². The van der Waals surface area contributed by atoms with E-state index in [1.165, 1.54) is 5.56 Å². The number of nitrogens with zero attached hydrogens (tertiary/aromatic N) is 1. The molecule has 2 rings (SSSR count). The van der Waals surface area contributed by atoms with Gasteiger partial charge in [0, 0.05) is 24.9 Å². The van der Waals surface area contributed by atoms with Crippen LogP contribution in [0.4, 0.5) is 0 Å². The SMILES string of the molecule is Cc1ccc(C[C@H](N)C(=O)NCCc2ccccn2)cc1. The van der Waals surface area contributed by atoms with Crippen molar-refractivity contribution in [2.24, 2.45) is 5.73 Å². The summed E-state index contributed by atoms with van der Waals surface area (Å²) in [5.41, 5.74) is 9.18. The molecule has 4 heteroatoms. The highest BCUT2D eigenvalue weighted by atomic mass is 16.2. The van der Waals surface area contributed by atoms with E-state index in [1.54, 1.807) is 6.20 Å². The minimum atomic E-state index is -0.517. The number of hydrogen-bond donors (Lipinski definition) is 2. The summed E-state index contributed by atoms with van der Waals surface area (Å²) in [5, 5.41) is 2.86. The fourth-order valence-electron chi connectivity index (χ4n) is 2.06. The van der Waals surface area contributed by atoms with E-state index in [0.29, 0.717) is 19.4 Å². The van der Waals surface area contributed by atoms with Gasteiger partial charge in [-0.3, -0.25) is 9.78 Å². The van der Waals surface area contributed by atoms with Crippen LogP contribution in [0.15, 0.2) is 48.7 Å². The second kappa shape index (κ2) is 7.55. The molecule has 1 aromatic carbocycles. The Labute approximate surface area is 125 Å². The second-order valence-corrected chi connectivity index (χ2v) is 5.16. The number of nitrogens with two attached hydrogens (primary N) is 1. The van der Waals surface area contributed by atoms with E-state index in [-0.39, 0.29) is 5.91 Å². The lowest BCUT2D eigenvalue weighted by molar-refractivity contribution is -0.122. The van der Waals surface area contributed by atoms with Crippen LogP contribution in [0.3, 0.4) is 0 Å². The number of carbonyl (C=O) groups is 1. The summed E-state index contributed by atoms with van der Waals surface area (Å²) in [4.78, 5) is 16.2. The maximum absolute atomic E-state index is 11.9. The van der Waals surface area contributed by atoms with E-state index >= 15 is 0 Å². The first-order valence-electron chi connectivity index (χ1n) is 7.14. The standard InChI is InChI=1S/C17H21N3O/c1-13-5-7-14(8-6-13)12-16(18)17(21)20-11-9-15-4-2-3-10-19-15/h2-8,10,16H,9,11-12,18H2,1H3,(H,20,21)/t16-/m0/s1. The Morgan fingerprint density at radius 2 is 2.00 bits per heavy atom. The van der Waals surface area contributed by atoms with Crippen molar-refractivity contribution in [1.82, 2.24) is 10.3 Å². The van der Waals surface area contributed by atoms with E-state index in [2.05, 4.69) is 10.3 Å². The first-order chi connectivity index (χ1) is 10.1. The Bertz CT molecular complexity index is 566. The molecule has 0 aliphatic rings. The molecule has 0 radical (unpaired) electrons. The largest absolute Gasteiger partial charge is 0.354 e. The quantitative estimate of drug-likeness (QED) is 0.846. The fraction of sp³-hybridized carbons (Fsp3) is 0.294. The predicted octanol–water partition coefficient (Wildman–Crippen LogP) is 1.62. The number of hydrogen-bond acceptors (Lipinski definition) is 3. The number of nitrogens with one attached hydrogen (secondary N) is 1.